The van der Waals surface area contributed by atoms with Gasteiger partial charge in [-0.3, -0.25) is 0 Å². The largest absolute Gasteiger partial charge is 0.337 e. The van der Waals surface area contributed by atoms with Gasteiger partial charge in [-0.2, -0.15) is 19.7 Å². The highest BCUT2D eigenvalue weighted by molar-refractivity contribution is 5.57. The van der Waals surface area contributed by atoms with Gasteiger partial charge in [-0.1, -0.05) is 12.1 Å². The second kappa shape index (κ2) is 5.16. The lowest BCUT2D eigenvalue weighted by Crippen LogP contribution is -2.02. The number of para-hydroxylation sites is 1. The number of nitrogens with one attached hydrogen (secondary N) is 1. The van der Waals surface area contributed by atoms with Crippen LogP contribution in [0.15, 0.2) is 49.1 Å². The van der Waals surface area contributed by atoms with Crippen LogP contribution in [0.25, 0.3) is 11.5 Å². The minimum atomic E-state index is -0.333. The highest BCUT2D eigenvalue weighted by atomic mass is 19.1. The number of anilines is 2. The molecular formula is C15H12FN7. The minimum absolute atomic E-state index is 0.333. The second-order valence-corrected chi connectivity index (χ2v) is 5.00. The maximum atomic E-state index is 13.8. The van der Waals surface area contributed by atoms with Gasteiger partial charge in [0.1, 0.15) is 23.6 Å². The fraction of sp³-hybridized carbons (Fsp3) is 0.0667. The zero-order chi connectivity index (χ0) is 15.8. The minimum Gasteiger partial charge on any atom is -0.337 e. The van der Waals surface area contributed by atoms with Crippen LogP contribution < -0.4 is 5.32 Å². The highest BCUT2D eigenvalue weighted by Gasteiger charge is 2.09. The summed E-state index contributed by atoms with van der Waals surface area (Å²) in [6, 6.07) is 8.32. The maximum Gasteiger partial charge on any atom is 0.254 e. The Morgan fingerprint density at radius 1 is 1.17 bits per heavy atom. The molecular weight excluding hydrogens is 297 g/mol. The van der Waals surface area contributed by atoms with Crippen LogP contribution in [0.5, 0.6) is 0 Å². The Balaban J connectivity index is 1.70. The molecule has 0 amide bonds. The van der Waals surface area contributed by atoms with Crippen LogP contribution in [-0.2, 0) is 0 Å². The first-order valence-electron chi connectivity index (χ1n) is 6.95. The zero-order valence-corrected chi connectivity index (χ0v) is 12.2. The molecule has 8 heteroatoms. The SMILES string of the molecule is Cc1cc(Nc2cnn(-c3ccccc3F)c2)n2ncnc2n1. The van der Waals surface area contributed by atoms with E-state index >= 15 is 0 Å². The molecule has 4 rings (SSSR count). The molecule has 4 aromatic rings. The van der Waals surface area contributed by atoms with E-state index in [2.05, 4.69) is 25.5 Å². The number of nitrogens with zero attached hydrogens (tertiary/aromatic N) is 6. The summed E-state index contributed by atoms with van der Waals surface area (Å²) >= 11 is 0. The van der Waals surface area contributed by atoms with E-state index in [9.17, 15) is 4.39 Å². The van der Waals surface area contributed by atoms with Crippen molar-refractivity contribution in [3.63, 3.8) is 0 Å². The predicted octanol–water partition coefficient (Wildman–Crippen LogP) is 2.50. The number of hydrogen-bond acceptors (Lipinski definition) is 5. The Morgan fingerprint density at radius 3 is 2.91 bits per heavy atom. The summed E-state index contributed by atoms with van der Waals surface area (Å²) in [5.74, 6) is 0.882. The Labute approximate surface area is 130 Å². The molecule has 0 aliphatic heterocycles. The van der Waals surface area contributed by atoms with Crippen LogP contribution in [-0.4, -0.2) is 29.4 Å². The first-order chi connectivity index (χ1) is 11.2. The van der Waals surface area contributed by atoms with E-state index in [0.29, 0.717) is 23.0 Å². The Hall–Kier alpha value is -3.29. The van der Waals surface area contributed by atoms with Crippen molar-refractivity contribution < 1.29 is 4.39 Å². The van der Waals surface area contributed by atoms with Gasteiger partial charge in [0.2, 0.25) is 0 Å². The molecule has 0 bridgehead atoms. The zero-order valence-electron chi connectivity index (χ0n) is 12.2. The van der Waals surface area contributed by atoms with Crippen LogP contribution in [0.1, 0.15) is 5.69 Å². The summed E-state index contributed by atoms with van der Waals surface area (Å²) in [6.45, 7) is 1.88. The van der Waals surface area contributed by atoms with Crippen molar-refractivity contribution >= 4 is 17.3 Å². The Morgan fingerprint density at radius 2 is 2.04 bits per heavy atom. The van der Waals surface area contributed by atoms with Crippen molar-refractivity contribution in [2.45, 2.75) is 6.92 Å². The lowest BCUT2D eigenvalue weighted by Gasteiger charge is -2.06. The molecule has 0 radical (unpaired) electrons. The molecule has 0 fully saturated rings. The van der Waals surface area contributed by atoms with Crippen molar-refractivity contribution in [2.24, 2.45) is 0 Å². The smallest absolute Gasteiger partial charge is 0.254 e. The van der Waals surface area contributed by atoms with E-state index in [-0.39, 0.29) is 5.82 Å². The van der Waals surface area contributed by atoms with Crippen LogP contribution in [0.2, 0.25) is 0 Å². The van der Waals surface area contributed by atoms with Gasteiger partial charge in [0.05, 0.1) is 18.1 Å². The quantitative estimate of drug-likeness (QED) is 0.629. The lowest BCUT2D eigenvalue weighted by molar-refractivity contribution is 0.611. The number of fused-ring (bicyclic) bond motifs is 1. The summed E-state index contributed by atoms with van der Waals surface area (Å²) in [7, 11) is 0. The summed E-state index contributed by atoms with van der Waals surface area (Å²) in [5.41, 5.74) is 1.91. The summed E-state index contributed by atoms with van der Waals surface area (Å²) < 4.78 is 16.9. The van der Waals surface area contributed by atoms with E-state index in [1.807, 2.05) is 13.0 Å². The number of halogens is 1. The summed E-state index contributed by atoms with van der Waals surface area (Å²) in [5, 5.41) is 11.5. The molecule has 3 heterocycles. The number of aryl methyl sites for hydroxylation is 1. The van der Waals surface area contributed by atoms with E-state index in [4.69, 9.17) is 0 Å². The van der Waals surface area contributed by atoms with Gasteiger partial charge in [0.25, 0.3) is 5.78 Å². The van der Waals surface area contributed by atoms with Crippen LogP contribution in [0, 0.1) is 12.7 Å². The third-order valence-corrected chi connectivity index (χ3v) is 3.33. The van der Waals surface area contributed by atoms with Gasteiger partial charge in [-0.15, -0.1) is 0 Å². The average molecular weight is 309 g/mol. The molecule has 0 atom stereocenters. The van der Waals surface area contributed by atoms with Crippen molar-refractivity contribution in [1.82, 2.24) is 29.4 Å². The first kappa shape index (κ1) is 13.4. The first-order valence-corrected chi connectivity index (χ1v) is 6.95. The summed E-state index contributed by atoms with van der Waals surface area (Å²) in [4.78, 5) is 8.36. The molecule has 0 aliphatic rings. The fourth-order valence-electron chi connectivity index (χ4n) is 2.32. The van der Waals surface area contributed by atoms with Gasteiger partial charge >= 0.3 is 0 Å². The Bertz CT molecular complexity index is 988. The van der Waals surface area contributed by atoms with Crippen molar-refractivity contribution in [3.8, 4) is 5.69 Å². The molecule has 0 saturated heterocycles. The normalized spacial score (nSPS) is 11.0. The standard InChI is InChI=1S/C15H12FN7/c1-10-6-14(23-15(20-10)17-9-19-23)21-11-7-18-22(8-11)13-5-3-2-4-12(13)16/h2-9,21H,1H3. The molecule has 0 aliphatic carbocycles. The molecule has 3 aromatic heterocycles. The molecule has 1 aromatic carbocycles. The molecule has 0 spiro atoms. The monoisotopic (exact) mass is 309 g/mol. The third kappa shape index (κ3) is 2.39. The van der Waals surface area contributed by atoms with Gasteiger partial charge in [-0.25, -0.2) is 14.1 Å². The van der Waals surface area contributed by atoms with E-state index in [1.54, 1.807) is 35.1 Å². The second-order valence-electron chi connectivity index (χ2n) is 5.00. The molecule has 114 valence electrons. The predicted molar refractivity (Wildman–Crippen MR) is 82.3 cm³/mol. The molecule has 0 unspecified atom stereocenters. The van der Waals surface area contributed by atoms with Crippen LogP contribution in [0.4, 0.5) is 15.9 Å². The number of hydrogen-bond donors (Lipinski definition) is 1. The number of aromatic nitrogens is 6. The molecule has 7 nitrogen and oxygen atoms in total. The van der Waals surface area contributed by atoms with Crippen molar-refractivity contribution in [3.05, 3.63) is 60.6 Å². The van der Waals surface area contributed by atoms with Crippen molar-refractivity contribution in [1.29, 1.82) is 0 Å². The van der Waals surface area contributed by atoms with Crippen molar-refractivity contribution in [2.75, 3.05) is 5.32 Å². The van der Waals surface area contributed by atoms with Gasteiger partial charge in [-0.05, 0) is 19.1 Å². The van der Waals surface area contributed by atoms with E-state index in [1.165, 1.54) is 17.1 Å². The highest BCUT2D eigenvalue weighted by Crippen LogP contribution is 2.19. The molecule has 1 N–H and O–H groups in total. The van der Waals surface area contributed by atoms with E-state index < -0.39 is 0 Å². The number of rotatable bonds is 3. The third-order valence-electron chi connectivity index (χ3n) is 3.33. The molecule has 0 saturated carbocycles. The maximum absolute atomic E-state index is 13.8. The Kier molecular flexibility index (Phi) is 3.00. The fourth-order valence-corrected chi connectivity index (χ4v) is 2.32. The topological polar surface area (TPSA) is 72.9 Å². The van der Waals surface area contributed by atoms with Crippen LogP contribution >= 0.6 is 0 Å². The molecule has 23 heavy (non-hydrogen) atoms. The van der Waals surface area contributed by atoms with Crippen LogP contribution in [0.3, 0.4) is 0 Å². The van der Waals surface area contributed by atoms with Gasteiger partial charge in [0, 0.05) is 11.8 Å². The van der Waals surface area contributed by atoms with Gasteiger partial charge < -0.3 is 5.32 Å². The average Bonchev–Trinajstić information content (AvgIpc) is 3.17. The number of benzene rings is 1. The lowest BCUT2D eigenvalue weighted by atomic mass is 10.3. The summed E-state index contributed by atoms with van der Waals surface area (Å²) in [6.07, 6.45) is 4.76. The van der Waals surface area contributed by atoms with Gasteiger partial charge in [0.15, 0.2) is 0 Å². The van der Waals surface area contributed by atoms with E-state index in [0.717, 1.165) is 5.69 Å².